The Hall–Kier alpha value is -0.570. The summed E-state index contributed by atoms with van der Waals surface area (Å²) in [5.74, 6) is 0.453. The van der Waals surface area contributed by atoms with E-state index in [-0.39, 0.29) is 11.8 Å². The second kappa shape index (κ2) is 5.67. The Morgan fingerprint density at radius 1 is 1.62 bits per heavy atom. The zero-order valence-corrected chi connectivity index (χ0v) is 10.5. The topological polar surface area (TPSA) is 63.3 Å². The number of nitrogens with two attached hydrogens (primary N) is 1. The van der Waals surface area contributed by atoms with Crippen LogP contribution in [-0.4, -0.2) is 17.6 Å². The van der Waals surface area contributed by atoms with Gasteiger partial charge in [0.2, 0.25) is 0 Å². The third-order valence-corrected chi connectivity index (χ3v) is 4.35. The van der Waals surface area contributed by atoms with Crippen LogP contribution in [0.1, 0.15) is 52.4 Å². The molecule has 0 aromatic heterocycles. The van der Waals surface area contributed by atoms with E-state index in [1.165, 1.54) is 19.3 Å². The summed E-state index contributed by atoms with van der Waals surface area (Å²) in [5, 5.41) is 8.97. The summed E-state index contributed by atoms with van der Waals surface area (Å²) in [6.07, 6.45) is 6.08. The van der Waals surface area contributed by atoms with Gasteiger partial charge in [-0.1, -0.05) is 33.1 Å². The van der Waals surface area contributed by atoms with E-state index in [1.807, 2.05) is 0 Å². The van der Waals surface area contributed by atoms with E-state index in [1.54, 1.807) is 0 Å². The Bertz CT molecular complexity index is 238. The molecule has 1 rings (SSSR count). The Morgan fingerprint density at radius 3 is 2.69 bits per heavy atom. The first-order valence-corrected chi connectivity index (χ1v) is 6.47. The minimum atomic E-state index is -0.696. The summed E-state index contributed by atoms with van der Waals surface area (Å²) in [6.45, 7) is 4.98. The second-order valence-corrected chi connectivity index (χ2v) is 5.40. The van der Waals surface area contributed by atoms with Crippen molar-refractivity contribution in [2.24, 2.45) is 23.0 Å². The van der Waals surface area contributed by atoms with Crippen molar-refractivity contribution in [3.8, 4) is 0 Å². The molecule has 0 amide bonds. The van der Waals surface area contributed by atoms with E-state index >= 15 is 0 Å². The molecule has 1 aliphatic rings. The number of rotatable bonds is 7. The van der Waals surface area contributed by atoms with Gasteiger partial charge in [-0.25, -0.2) is 0 Å². The summed E-state index contributed by atoms with van der Waals surface area (Å²) < 4.78 is 0. The first-order chi connectivity index (χ1) is 7.55. The molecule has 1 saturated carbocycles. The molecule has 0 aromatic rings. The zero-order chi connectivity index (χ0) is 12.2. The van der Waals surface area contributed by atoms with E-state index < -0.39 is 5.97 Å². The molecular formula is C13H25NO2. The lowest BCUT2D eigenvalue weighted by Crippen LogP contribution is -2.50. The Kier molecular flexibility index (Phi) is 4.78. The van der Waals surface area contributed by atoms with Gasteiger partial charge in [0.05, 0.1) is 6.42 Å². The average Bonchev–Trinajstić information content (AvgIpc) is 2.21. The van der Waals surface area contributed by atoms with Crippen molar-refractivity contribution in [1.29, 1.82) is 0 Å². The molecule has 0 saturated heterocycles. The lowest BCUT2D eigenvalue weighted by Gasteiger charge is -2.51. The lowest BCUT2D eigenvalue weighted by atomic mass is 9.54. The van der Waals surface area contributed by atoms with E-state index in [0.29, 0.717) is 18.4 Å². The maximum Gasteiger partial charge on any atom is 0.303 e. The highest BCUT2D eigenvalue weighted by molar-refractivity contribution is 5.68. The van der Waals surface area contributed by atoms with Gasteiger partial charge in [-0.05, 0) is 36.6 Å². The molecule has 0 aliphatic heterocycles. The van der Waals surface area contributed by atoms with Crippen LogP contribution in [0.5, 0.6) is 0 Å². The summed E-state index contributed by atoms with van der Waals surface area (Å²) in [4.78, 5) is 10.9. The largest absolute Gasteiger partial charge is 0.481 e. The molecule has 1 unspecified atom stereocenters. The fourth-order valence-electron chi connectivity index (χ4n) is 3.18. The van der Waals surface area contributed by atoms with Gasteiger partial charge in [0.15, 0.2) is 0 Å². The van der Waals surface area contributed by atoms with Crippen LogP contribution in [0.25, 0.3) is 0 Å². The maximum absolute atomic E-state index is 10.9. The predicted molar refractivity (Wildman–Crippen MR) is 65.2 cm³/mol. The van der Waals surface area contributed by atoms with Gasteiger partial charge in [0, 0.05) is 0 Å². The van der Waals surface area contributed by atoms with Crippen LogP contribution in [0.3, 0.4) is 0 Å². The highest BCUT2D eigenvalue weighted by Gasteiger charge is 2.48. The Morgan fingerprint density at radius 2 is 2.31 bits per heavy atom. The van der Waals surface area contributed by atoms with E-state index in [9.17, 15) is 4.79 Å². The minimum absolute atomic E-state index is 0.0982. The number of carboxylic acids is 1. The molecule has 1 fully saturated rings. The van der Waals surface area contributed by atoms with Gasteiger partial charge in [0.25, 0.3) is 0 Å². The van der Waals surface area contributed by atoms with E-state index in [2.05, 4.69) is 13.8 Å². The van der Waals surface area contributed by atoms with Gasteiger partial charge in [-0.2, -0.15) is 0 Å². The second-order valence-electron chi connectivity index (χ2n) is 5.40. The van der Waals surface area contributed by atoms with Crippen LogP contribution in [-0.2, 0) is 4.79 Å². The van der Waals surface area contributed by atoms with Crippen molar-refractivity contribution in [2.75, 3.05) is 6.54 Å². The predicted octanol–water partition coefficient (Wildman–Crippen LogP) is 2.64. The Labute approximate surface area is 98.4 Å². The van der Waals surface area contributed by atoms with Crippen molar-refractivity contribution in [1.82, 2.24) is 0 Å². The van der Waals surface area contributed by atoms with Crippen LogP contribution in [0.4, 0.5) is 0 Å². The number of hydrogen-bond acceptors (Lipinski definition) is 2. The maximum atomic E-state index is 10.9. The molecule has 0 heterocycles. The molecule has 3 nitrogen and oxygen atoms in total. The molecule has 1 aliphatic carbocycles. The molecule has 3 heteroatoms. The fourth-order valence-corrected chi connectivity index (χ4v) is 3.18. The van der Waals surface area contributed by atoms with Gasteiger partial charge in [0.1, 0.15) is 0 Å². The summed E-state index contributed by atoms with van der Waals surface area (Å²) in [6, 6.07) is 0. The number of carbonyl (C=O) groups is 1. The van der Waals surface area contributed by atoms with Gasteiger partial charge >= 0.3 is 5.97 Å². The molecule has 16 heavy (non-hydrogen) atoms. The van der Waals surface area contributed by atoms with Crippen LogP contribution in [0, 0.1) is 17.3 Å². The number of hydrogen-bond donors (Lipinski definition) is 2. The van der Waals surface area contributed by atoms with Crippen molar-refractivity contribution in [3.05, 3.63) is 0 Å². The quantitative estimate of drug-likeness (QED) is 0.702. The van der Waals surface area contributed by atoms with Gasteiger partial charge in [-0.3, -0.25) is 4.79 Å². The van der Waals surface area contributed by atoms with Crippen LogP contribution >= 0.6 is 0 Å². The third kappa shape index (κ3) is 2.76. The van der Waals surface area contributed by atoms with Gasteiger partial charge in [-0.15, -0.1) is 0 Å². The molecule has 0 bridgehead atoms. The van der Waals surface area contributed by atoms with Crippen LogP contribution in [0.15, 0.2) is 0 Å². The first kappa shape index (κ1) is 13.5. The summed E-state index contributed by atoms with van der Waals surface area (Å²) >= 11 is 0. The molecule has 0 aromatic carbocycles. The van der Waals surface area contributed by atoms with Crippen LogP contribution < -0.4 is 5.73 Å². The SMILES string of the molecule is CCCCC(C)[C@@H]1CC[C@]1(CN)CC(=O)O. The summed E-state index contributed by atoms with van der Waals surface area (Å²) in [5.41, 5.74) is 5.71. The highest BCUT2D eigenvalue weighted by atomic mass is 16.4. The standard InChI is InChI=1S/C13H25NO2/c1-3-4-5-10(2)11-6-7-13(11,9-14)8-12(15)16/h10-11H,3-9,14H2,1-2H3,(H,15,16)/t10?,11-,13+/m0/s1. The smallest absolute Gasteiger partial charge is 0.303 e. The van der Waals surface area contributed by atoms with Crippen molar-refractivity contribution in [3.63, 3.8) is 0 Å². The molecule has 0 spiro atoms. The highest BCUT2D eigenvalue weighted by Crippen LogP contribution is 2.53. The van der Waals surface area contributed by atoms with Gasteiger partial charge < -0.3 is 10.8 Å². The first-order valence-electron chi connectivity index (χ1n) is 6.47. The molecule has 3 N–H and O–H groups in total. The normalized spacial score (nSPS) is 30.8. The van der Waals surface area contributed by atoms with Crippen molar-refractivity contribution >= 4 is 5.97 Å². The third-order valence-electron chi connectivity index (χ3n) is 4.35. The molecular weight excluding hydrogens is 202 g/mol. The molecule has 94 valence electrons. The fraction of sp³-hybridized carbons (Fsp3) is 0.923. The molecule has 0 radical (unpaired) electrons. The zero-order valence-electron chi connectivity index (χ0n) is 10.5. The average molecular weight is 227 g/mol. The summed E-state index contributed by atoms with van der Waals surface area (Å²) in [7, 11) is 0. The monoisotopic (exact) mass is 227 g/mol. The van der Waals surface area contributed by atoms with Crippen LogP contribution in [0.2, 0.25) is 0 Å². The van der Waals surface area contributed by atoms with Crippen molar-refractivity contribution in [2.45, 2.75) is 52.4 Å². The number of unbranched alkanes of at least 4 members (excludes halogenated alkanes) is 1. The molecule has 3 atom stereocenters. The minimum Gasteiger partial charge on any atom is -0.481 e. The van der Waals surface area contributed by atoms with E-state index in [4.69, 9.17) is 10.8 Å². The number of aliphatic carboxylic acids is 1. The van der Waals surface area contributed by atoms with E-state index in [0.717, 1.165) is 12.8 Å². The lowest BCUT2D eigenvalue weighted by molar-refractivity contribution is -0.144. The van der Waals surface area contributed by atoms with Crippen molar-refractivity contribution < 1.29 is 9.90 Å². The number of carboxylic acid groups (broad SMARTS) is 1. The Balaban J connectivity index is 2.56.